The second-order valence-electron chi connectivity index (χ2n) is 4.38. The number of hydrogen-bond donors (Lipinski definition) is 2. The molecule has 0 bridgehead atoms. The van der Waals surface area contributed by atoms with Crippen LogP contribution in [0.5, 0.6) is 5.75 Å². The Morgan fingerprint density at radius 3 is 2.42 bits per heavy atom. The Bertz CT molecular complexity index is 407. The third-order valence-corrected chi connectivity index (χ3v) is 2.89. The molecule has 0 spiro atoms. The summed E-state index contributed by atoms with van der Waals surface area (Å²) in [6.07, 6.45) is -2.21. The van der Waals surface area contributed by atoms with Gasteiger partial charge in [-0.1, -0.05) is 6.42 Å². The third-order valence-electron chi connectivity index (χ3n) is 2.89. The van der Waals surface area contributed by atoms with Crippen LogP contribution >= 0.6 is 0 Å². The Hall–Kier alpha value is -1.27. The Balaban J connectivity index is 2.93. The number of alkyl halides is 3. The second-order valence-corrected chi connectivity index (χ2v) is 4.38. The van der Waals surface area contributed by atoms with Gasteiger partial charge >= 0.3 is 6.18 Å². The van der Waals surface area contributed by atoms with Crippen molar-refractivity contribution in [3.05, 3.63) is 29.3 Å². The third kappa shape index (κ3) is 4.72. The van der Waals surface area contributed by atoms with E-state index in [0.717, 1.165) is 25.0 Å². The van der Waals surface area contributed by atoms with Crippen molar-refractivity contribution in [2.75, 3.05) is 13.7 Å². The lowest BCUT2D eigenvalue weighted by atomic mass is 9.99. The van der Waals surface area contributed by atoms with Crippen molar-refractivity contribution < 1.29 is 17.9 Å². The molecule has 0 aliphatic heterocycles. The molecule has 0 amide bonds. The van der Waals surface area contributed by atoms with Gasteiger partial charge in [0.25, 0.3) is 0 Å². The van der Waals surface area contributed by atoms with Gasteiger partial charge in [0.15, 0.2) is 0 Å². The van der Waals surface area contributed by atoms with Gasteiger partial charge in [-0.2, -0.15) is 13.2 Å². The van der Waals surface area contributed by atoms with Gasteiger partial charge in [-0.05, 0) is 43.1 Å². The van der Waals surface area contributed by atoms with Crippen LogP contribution in [-0.2, 0) is 6.18 Å². The second kappa shape index (κ2) is 6.77. The first-order chi connectivity index (χ1) is 8.88. The van der Waals surface area contributed by atoms with E-state index in [-0.39, 0.29) is 5.75 Å². The summed E-state index contributed by atoms with van der Waals surface area (Å²) in [6.45, 7) is 0.554. The summed E-state index contributed by atoms with van der Waals surface area (Å²) < 4.78 is 43.1. The van der Waals surface area contributed by atoms with Gasteiger partial charge in [-0.3, -0.25) is 0 Å². The zero-order chi connectivity index (χ0) is 14.5. The van der Waals surface area contributed by atoms with E-state index in [9.17, 15) is 13.2 Å². The number of halogens is 3. The minimum Gasteiger partial charge on any atom is -0.497 e. The molecule has 0 fully saturated rings. The predicted octanol–water partition coefficient (Wildman–Crippen LogP) is 2.84. The quantitative estimate of drug-likeness (QED) is 0.785. The summed E-state index contributed by atoms with van der Waals surface area (Å²) >= 11 is 0. The Morgan fingerprint density at radius 1 is 1.21 bits per heavy atom. The van der Waals surface area contributed by atoms with Crippen molar-refractivity contribution in [3.63, 3.8) is 0 Å². The van der Waals surface area contributed by atoms with Gasteiger partial charge in [0.05, 0.1) is 12.7 Å². The molecule has 4 N–H and O–H groups in total. The molecule has 19 heavy (non-hydrogen) atoms. The molecule has 0 heterocycles. The molecular weight excluding hydrogens is 257 g/mol. The van der Waals surface area contributed by atoms with Crippen LogP contribution < -0.4 is 16.2 Å². The number of unbranched alkanes of at least 4 members (excludes halogenated alkanes) is 1. The zero-order valence-electron chi connectivity index (χ0n) is 10.8. The van der Waals surface area contributed by atoms with Gasteiger partial charge in [-0.15, -0.1) is 0 Å². The highest BCUT2D eigenvalue weighted by Crippen LogP contribution is 2.34. The first-order valence-corrected chi connectivity index (χ1v) is 6.10. The van der Waals surface area contributed by atoms with Gasteiger partial charge in [0.2, 0.25) is 0 Å². The molecule has 1 aromatic rings. The maximum Gasteiger partial charge on any atom is 0.416 e. The number of ether oxygens (including phenoxy) is 1. The zero-order valence-corrected chi connectivity index (χ0v) is 10.8. The molecule has 0 radical (unpaired) electrons. The maximum atomic E-state index is 12.7. The van der Waals surface area contributed by atoms with E-state index >= 15 is 0 Å². The molecule has 3 nitrogen and oxygen atoms in total. The van der Waals surface area contributed by atoms with Crippen LogP contribution in [0.15, 0.2) is 18.2 Å². The monoisotopic (exact) mass is 276 g/mol. The first kappa shape index (κ1) is 15.8. The fraction of sp³-hybridized carbons (Fsp3) is 0.538. The summed E-state index contributed by atoms with van der Waals surface area (Å²) in [6, 6.07) is 3.15. The van der Waals surface area contributed by atoms with Crippen LogP contribution in [0.4, 0.5) is 13.2 Å². The molecule has 0 saturated carbocycles. The Kier molecular flexibility index (Phi) is 5.62. The van der Waals surface area contributed by atoms with Crippen LogP contribution in [0.2, 0.25) is 0 Å². The lowest BCUT2D eigenvalue weighted by Crippen LogP contribution is -2.13. The van der Waals surface area contributed by atoms with Crippen LogP contribution in [-0.4, -0.2) is 13.7 Å². The van der Waals surface area contributed by atoms with E-state index in [0.29, 0.717) is 18.5 Å². The van der Waals surface area contributed by atoms with Crippen molar-refractivity contribution in [2.45, 2.75) is 31.5 Å². The van der Waals surface area contributed by atoms with Crippen molar-refractivity contribution >= 4 is 0 Å². The fourth-order valence-electron chi connectivity index (χ4n) is 1.79. The fourth-order valence-corrected chi connectivity index (χ4v) is 1.79. The van der Waals surface area contributed by atoms with Gasteiger partial charge < -0.3 is 16.2 Å². The number of benzene rings is 1. The largest absolute Gasteiger partial charge is 0.497 e. The minimum atomic E-state index is -4.40. The predicted molar refractivity (Wildman–Crippen MR) is 67.8 cm³/mol. The lowest BCUT2D eigenvalue weighted by Gasteiger charge is -2.16. The summed E-state index contributed by atoms with van der Waals surface area (Å²) in [5, 5.41) is 0. The van der Waals surface area contributed by atoms with Crippen molar-refractivity contribution in [1.29, 1.82) is 0 Å². The number of rotatable bonds is 6. The summed E-state index contributed by atoms with van der Waals surface area (Å²) in [4.78, 5) is 0. The Labute approximate surface area is 110 Å². The number of methoxy groups -OCH3 is 1. The molecule has 0 aliphatic carbocycles. The standard InChI is InChI=1S/C13H19F3N2O/c1-19-11-7-9(12(18)4-2-3-5-17)6-10(8-11)13(14,15)16/h6-8,12H,2-5,17-18H2,1H3/t12-/m0/s1. The molecule has 1 atom stereocenters. The average molecular weight is 276 g/mol. The normalized spacial score (nSPS) is 13.4. The van der Waals surface area contributed by atoms with E-state index in [2.05, 4.69) is 0 Å². The van der Waals surface area contributed by atoms with Crippen LogP contribution in [0.1, 0.15) is 36.4 Å². The highest BCUT2D eigenvalue weighted by molar-refractivity contribution is 5.37. The summed E-state index contributed by atoms with van der Waals surface area (Å²) in [7, 11) is 1.33. The average Bonchev–Trinajstić information content (AvgIpc) is 2.37. The molecule has 0 unspecified atom stereocenters. The SMILES string of the molecule is COc1cc([C@@H](N)CCCCN)cc(C(F)(F)F)c1. The lowest BCUT2D eigenvalue weighted by molar-refractivity contribution is -0.137. The number of hydrogen-bond acceptors (Lipinski definition) is 3. The van der Waals surface area contributed by atoms with E-state index in [1.54, 1.807) is 6.07 Å². The topological polar surface area (TPSA) is 61.3 Å². The van der Waals surface area contributed by atoms with Crippen LogP contribution in [0.25, 0.3) is 0 Å². The van der Waals surface area contributed by atoms with Crippen LogP contribution in [0, 0.1) is 0 Å². The molecule has 108 valence electrons. The van der Waals surface area contributed by atoms with Crippen molar-refractivity contribution in [3.8, 4) is 5.75 Å². The maximum absolute atomic E-state index is 12.7. The van der Waals surface area contributed by atoms with Gasteiger partial charge in [0, 0.05) is 6.04 Å². The minimum absolute atomic E-state index is 0.166. The van der Waals surface area contributed by atoms with Crippen LogP contribution in [0.3, 0.4) is 0 Å². The molecule has 6 heteroatoms. The molecule has 0 aliphatic rings. The smallest absolute Gasteiger partial charge is 0.416 e. The number of nitrogens with two attached hydrogens (primary N) is 2. The van der Waals surface area contributed by atoms with Crippen molar-refractivity contribution in [1.82, 2.24) is 0 Å². The van der Waals surface area contributed by atoms with E-state index < -0.39 is 17.8 Å². The van der Waals surface area contributed by atoms with E-state index in [4.69, 9.17) is 16.2 Å². The highest BCUT2D eigenvalue weighted by Gasteiger charge is 2.31. The van der Waals surface area contributed by atoms with E-state index in [1.807, 2.05) is 0 Å². The van der Waals surface area contributed by atoms with E-state index in [1.165, 1.54) is 7.11 Å². The van der Waals surface area contributed by atoms with Gasteiger partial charge in [0.1, 0.15) is 5.75 Å². The van der Waals surface area contributed by atoms with Gasteiger partial charge in [-0.25, -0.2) is 0 Å². The summed E-state index contributed by atoms with van der Waals surface area (Å²) in [5.41, 5.74) is 11.0. The molecule has 0 aromatic heterocycles. The first-order valence-electron chi connectivity index (χ1n) is 6.10. The summed E-state index contributed by atoms with van der Waals surface area (Å²) in [5.74, 6) is 0.166. The molecular formula is C13H19F3N2O. The molecule has 1 rings (SSSR count). The van der Waals surface area contributed by atoms with Crippen molar-refractivity contribution in [2.24, 2.45) is 11.5 Å². The Morgan fingerprint density at radius 2 is 1.89 bits per heavy atom. The molecule has 1 aromatic carbocycles. The molecule has 0 saturated heterocycles. The highest BCUT2D eigenvalue weighted by atomic mass is 19.4.